The number of esters is 1. The molecule has 1 aromatic carbocycles. The predicted octanol–water partition coefficient (Wildman–Crippen LogP) is 2.48. The van der Waals surface area contributed by atoms with Gasteiger partial charge in [-0.05, 0) is 30.7 Å². The standard InChI is InChI=1S/C19H28N2O3/c1-3-14(2)17(20)18(22)21-12-8-7-11-16(21)19(23)24-13-15-9-5-4-6-10-15/h4-6,9-10,14,16-17H,3,7-8,11-13,20H2,1-2H3/t14-,16-,17-/m0/s1. The van der Waals surface area contributed by atoms with E-state index in [1.54, 1.807) is 4.90 Å². The topological polar surface area (TPSA) is 72.6 Å². The van der Waals surface area contributed by atoms with Crippen LogP contribution in [0.2, 0.25) is 0 Å². The first-order valence-corrected chi connectivity index (χ1v) is 8.81. The highest BCUT2D eigenvalue weighted by Gasteiger charge is 2.36. The zero-order chi connectivity index (χ0) is 17.5. The van der Waals surface area contributed by atoms with Gasteiger partial charge >= 0.3 is 5.97 Å². The summed E-state index contributed by atoms with van der Waals surface area (Å²) >= 11 is 0. The summed E-state index contributed by atoms with van der Waals surface area (Å²) < 4.78 is 5.44. The fourth-order valence-corrected chi connectivity index (χ4v) is 2.95. The van der Waals surface area contributed by atoms with Crippen LogP contribution in [0.25, 0.3) is 0 Å². The van der Waals surface area contributed by atoms with Gasteiger partial charge in [0, 0.05) is 6.54 Å². The molecule has 1 aromatic rings. The van der Waals surface area contributed by atoms with Crippen LogP contribution in [0, 0.1) is 5.92 Å². The molecule has 1 amide bonds. The van der Waals surface area contributed by atoms with E-state index in [1.807, 2.05) is 44.2 Å². The Balaban J connectivity index is 2.00. The van der Waals surface area contributed by atoms with E-state index in [1.165, 1.54) is 0 Å². The molecule has 1 aliphatic heterocycles. The number of benzene rings is 1. The molecular weight excluding hydrogens is 304 g/mol. The Labute approximate surface area is 144 Å². The van der Waals surface area contributed by atoms with E-state index in [0.717, 1.165) is 24.8 Å². The molecule has 0 radical (unpaired) electrons. The van der Waals surface area contributed by atoms with Crippen LogP contribution in [0.4, 0.5) is 0 Å². The molecule has 0 aromatic heterocycles. The van der Waals surface area contributed by atoms with Gasteiger partial charge in [0.1, 0.15) is 12.6 Å². The first-order chi connectivity index (χ1) is 11.5. The summed E-state index contributed by atoms with van der Waals surface area (Å²) in [4.78, 5) is 26.8. The summed E-state index contributed by atoms with van der Waals surface area (Å²) in [6.45, 7) is 4.79. The lowest BCUT2D eigenvalue weighted by Crippen LogP contribution is -2.55. The number of likely N-dealkylation sites (tertiary alicyclic amines) is 1. The van der Waals surface area contributed by atoms with Crippen molar-refractivity contribution in [2.45, 2.75) is 58.2 Å². The molecule has 0 bridgehead atoms. The van der Waals surface area contributed by atoms with E-state index in [-0.39, 0.29) is 24.4 Å². The second-order valence-corrected chi connectivity index (χ2v) is 6.55. The monoisotopic (exact) mass is 332 g/mol. The average molecular weight is 332 g/mol. The Morgan fingerprint density at radius 1 is 1.29 bits per heavy atom. The van der Waals surface area contributed by atoms with Gasteiger partial charge in [-0.3, -0.25) is 4.79 Å². The van der Waals surface area contributed by atoms with Crippen LogP contribution >= 0.6 is 0 Å². The molecule has 1 aliphatic rings. The van der Waals surface area contributed by atoms with Gasteiger partial charge in [-0.25, -0.2) is 4.79 Å². The van der Waals surface area contributed by atoms with E-state index in [4.69, 9.17) is 10.5 Å². The quantitative estimate of drug-likeness (QED) is 0.812. The summed E-state index contributed by atoms with van der Waals surface area (Å²) in [7, 11) is 0. The maximum atomic E-state index is 12.7. The lowest BCUT2D eigenvalue weighted by atomic mass is 9.95. The molecule has 1 heterocycles. The number of hydrogen-bond donors (Lipinski definition) is 1. The second kappa shape index (κ2) is 8.83. The number of carbonyl (C=O) groups excluding carboxylic acids is 2. The Kier molecular flexibility index (Phi) is 6.79. The molecule has 2 rings (SSSR count). The van der Waals surface area contributed by atoms with Crippen molar-refractivity contribution in [2.75, 3.05) is 6.54 Å². The van der Waals surface area contributed by atoms with E-state index in [9.17, 15) is 9.59 Å². The normalized spacial score (nSPS) is 20.3. The first kappa shape index (κ1) is 18.5. The van der Waals surface area contributed by atoms with E-state index in [0.29, 0.717) is 13.0 Å². The number of hydrogen-bond acceptors (Lipinski definition) is 4. The van der Waals surface area contributed by atoms with E-state index < -0.39 is 12.1 Å². The van der Waals surface area contributed by atoms with Gasteiger partial charge in [0.25, 0.3) is 0 Å². The number of nitrogens with zero attached hydrogens (tertiary/aromatic N) is 1. The zero-order valence-electron chi connectivity index (χ0n) is 14.6. The summed E-state index contributed by atoms with van der Waals surface area (Å²) in [6, 6.07) is 8.49. The minimum Gasteiger partial charge on any atom is -0.459 e. The van der Waals surface area contributed by atoms with Crippen LogP contribution in [-0.2, 0) is 20.9 Å². The van der Waals surface area contributed by atoms with Crippen LogP contribution in [-0.4, -0.2) is 35.4 Å². The molecule has 0 unspecified atom stereocenters. The summed E-state index contributed by atoms with van der Waals surface area (Å²) in [5, 5.41) is 0. The van der Waals surface area contributed by atoms with Gasteiger partial charge in [-0.2, -0.15) is 0 Å². The molecular formula is C19H28N2O3. The van der Waals surface area contributed by atoms with Crippen LogP contribution in [0.3, 0.4) is 0 Å². The molecule has 0 aliphatic carbocycles. The molecule has 0 saturated carbocycles. The van der Waals surface area contributed by atoms with Crippen molar-refractivity contribution in [1.82, 2.24) is 4.90 Å². The van der Waals surface area contributed by atoms with Crippen molar-refractivity contribution in [3.8, 4) is 0 Å². The Morgan fingerprint density at radius 3 is 2.67 bits per heavy atom. The van der Waals surface area contributed by atoms with Gasteiger partial charge in [-0.15, -0.1) is 0 Å². The smallest absolute Gasteiger partial charge is 0.329 e. The number of nitrogens with two attached hydrogens (primary N) is 1. The fraction of sp³-hybridized carbons (Fsp3) is 0.579. The second-order valence-electron chi connectivity index (χ2n) is 6.55. The molecule has 5 heteroatoms. The van der Waals surface area contributed by atoms with Crippen molar-refractivity contribution >= 4 is 11.9 Å². The molecule has 1 fully saturated rings. The van der Waals surface area contributed by atoms with E-state index >= 15 is 0 Å². The fourth-order valence-electron chi connectivity index (χ4n) is 2.95. The summed E-state index contributed by atoms with van der Waals surface area (Å²) in [5.41, 5.74) is 7.03. The van der Waals surface area contributed by atoms with Gasteiger partial charge in [-0.1, -0.05) is 50.6 Å². The number of carbonyl (C=O) groups is 2. The number of piperidine rings is 1. The minimum atomic E-state index is -0.558. The highest BCUT2D eigenvalue weighted by Crippen LogP contribution is 2.21. The lowest BCUT2D eigenvalue weighted by molar-refractivity contribution is -0.158. The van der Waals surface area contributed by atoms with Crippen molar-refractivity contribution in [2.24, 2.45) is 11.7 Å². The van der Waals surface area contributed by atoms with Crippen LogP contribution in [0.15, 0.2) is 30.3 Å². The summed E-state index contributed by atoms with van der Waals surface area (Å²) in [5.74, 6) is -0.366. The zero-order valence-corrected chi connectivity index (χ0v) is 14.6. The number of ether oxygens (including phenoxy) is 1. The van der Waals surface area contributed by atoms with Crippen molar-refractivity contribution < 1.29 is 14.3 Å². The predicted molar refractivity (Wildman–Crippen MR) is 93.0 cm³/mol. The maximum Gasteiger partial charge on any atom is 0.329 e. The molecule has 132 valence electrons. The van der Waals surface area contributed by atoms with Crippen LogP contribution in [0.5, 0.6) is 0 Å². The SMILES string of the molecule is CC[C@H](C)[C@H](N)C(=O)N1CCCC[C@H]1C(=O)OCc1ccccc1. The average Bonchev–Trinajstić information content (AvgIpc) is 2.65. The van der Waals surface area contributed by atoms with Crippen LogP contribution < -0.4 is 5.73 Å². The lowest BCUT2D eigenvalue weighted by Gasteiger charge is -2.36. The summed E-state index contributed by atoms with van der Waals surface area (Å²) in [6.07, 6.45) is 3.31. The largest absolute Gasteiger partial charge is 0.459 e. The maximum absolute atomic E-state index is 12.7. The minimum absolute atomic E-state index is 0.0976. The third-order valence-electron chi connectivity index (χ3n) is 4.82. The Morgan fingerprint density at radius 2 is 2.00 bits per heavy atom. The number of amides is 1. The highest BCUT2D eigenvalue weighted by molar-refractivity contribution is 5.87. The first-order valence-electron chi connectivity index (χ1n) is 8.81. The molecule has 2 N–H and O–H groups in total. The van der Waals surface area contributed by atoms with Crippen molar-refractivity contribution in [3.63, 3.8) is 0 Å². The van der Waals surface area contributed by atoms with Crippen molar-refractivity contribution in [3.05, 3.63) is 35.9 Å². The molecule has 5 nitrogen and oxygen atoms in total. The third kappa shape index (κ3) is 4.57. The third-order valence-corrected chi connectivity index (χ3v) is 4.82. The Bertz CT molecular complexity index is 547. The van der Waals surface area contributed by atoms with Gasteiger partial charge in [0.2, 0.25) is 5.91 Å². The molecule has 3 atom stereocenters. The Hall–Kier alpha value is -1.88. The van der Waals surface area contributed by atoms with Gasteiger partial charge < -0.3 is 15.4 Å². The molecule has 0 spiro atoms. The van der Waals surface area contributed by atoms with Crippen LogP contribution in [0.1, 0.15) is 45.1 Å². The van der Waals surface area contributed by atoms with Crippen molar-refractivity contribution in [1.29, 1.82) is 0 Å². The van der Waals surface area contributed by atoms with Gasteiger partial charge in [0.15, 0.2) is 0 Å². The van der Waals surface area contributed by atoms with E-state index in [2.05, 4.69) is 0 Å². The molecule has 24 heavy (non-hydrogen) atoms. The molecule has 1 saturated heterocycles. The number of rotatable bonds is 6. The highest BCUT2D eigenvalue weighted by atomic mass is 16.5. The van der Waals surface area contributed by atoms with Gasteiger partial charge in [0.05, 0.1) is 6.04 Å².